The van der Waals surface area contributed by atoms with Crippen molar-refractivity contribution in [1.29, 1.82) is 0 Å². The van der Waals surface area contributed by atoms with Crippen molar-refractivity contribution < 1.29 is 23.5 Å². The highest BCUT2D eigenvalue weighted by Gasteiger charge is 2.46. The largest absolute Gasteiger partial charge is 0.493 e. The van der Waals surface area contributed by atoms with E-state index in [4.69, 9.17) is 9.47 Å². The molecular formula is C27H25FN2O4. The van der Waals surface area contributed by atoms with Gasteiger partial charge >= 0.3 is 0 Å². The van der Waals surface area contributed by atoms with Gasteiger partial charge in [0, 0.05) is 18.7 Å². The van der Waals surface area contributed by atoms with Gasteiger partial charge in [-0.15, -0.1) is 0 Å². The lowest BCUT2D eigenvalue weighted by Crippen LogP contribution is -2.50. The molecule has 0 saturated carbocycles. The molecule has 1 N–H and O–H groups in total. The molecule has 0 aromatic heterocycles. The van der Waals surface area contributed by atoms with E-state index in [1.54, 1.807) is 37.3 Å². The number of nitrogens with zero attached hydrogens (tertiary/aromatic N) is 1. The van der Waals surface area contributed by atoms with Gasteiger partial charge in [0.2, 0.25) is 5.91 Å². The number of hydrogen-bond acceptors (Lipinski definition) is 4. The van der Waals surface area contributed by atoms with E-state index in [0.717, 1.165) is 16.7 Å². The summed E-state index contributed by atoms with van der Waals surface area (Å²) in [7, 11) is 3.16. The van der Waals surface area contributed by atoms with E-state index in [2.05, 4.69) is 5.32 Å². The minimum Gasteiger partial charge on any atom is -0.493 e. The van der Waals surface area contributed by atoms with Crippen molar-refractivity contribution in [2.45, 2.75) is 24.9 Å². The van der Waals surface area contributed by atoms with Gasteiger partial charge in [-0.1, -0.05) is 30.3 Å². The molecule has 3 aromatic carbocycles. The first-order valence-corrected chi connectivity index (χ1v) is 11.2. The van der Waals surface area contributed by atoms with Crippen LogP contribution in [0.5, 0.6) is 11.5 Å². The second-order valence-electron chi connectivity index (χ2n) is 8.51. The summed E-state index contributed by atoms with van der Waals surface area (Å²) in [4.78, 5) is 28.9. The lowest BCUT2D eigenvalue weighted by atomic mass is 9.75. The van der Waals surface area contributed by atoms with Crippen LogP contribution in [0.1, 0.15) is 44.6 Å². The predicted octanol–water partition coefficient (Wildman–Crippen LogP) is 4.00. The first kappa shape index (κ1) is 21.9. The molecule has 34 heavy (non-hydrogen) atoms. The van der Waals surface area contributed by atoms with Gasteiger partial charge in [0.05, 0.1) is 26.2 Å². The van der Waals surface area contributed by atoms with E-state index < -0.39 is 12.0 Å². The number of nitrogens with one attached hydrogen (secondary N) is 1. The highest BCUT2D eigenvalue weighted by molar-refractivity contribution is 6.01. The van der Waals surface area contributed by atoms with Crippen molar-refractivity contribution in [3.05, 3.63) is 94.3 Å². The zero-order chi connectivity index (χ0) is 23.8. The quantitative estimate of drug-likeness (QED) is 0.625. The van der Waals surface area contributed by atoms with Gasteiger partial charge in [-0.2, -0.15) is 0 Å². The van der Waals surface area contributed by atoms with Crippen LogP contribution < -0.4 is 14.8 Å². The van der Waals surface area contributed by atoms with E-state index in [9.17, 15) is 14.0 Å². The third kappa shape index (κ3) is 3.67. The number of halogens is 1. The van der Waals surface area contributed by atoms with Gasteiger partial charge in [0.15, 0.2) is 11.5 Å². The second kappa shape index (κ2) is 8.82. The first-order chi connectivity index (χ1) is 16.5. The van der Waals surface area contributed by atoms with Crippen molar-refractivity contribution in [2.24, 2.45) is 0 Å². The highest BCUT2D eigenvalue weighted by Crippen LogP contribution is 2.48. The lowest BCUT2D eigenvalue weighted by molar-refractivity contribution is -0.124. The van der Waals surface area contributed by atoms with Gasteiger partial charge < -0.3 is 19.7 Å². The fraction of sp³-hybridized carbons (Fsp3) is 0.259. The van der Waals surface area contributed by atoms with Crippen molar-refractivity contribution in [2.75, 3.05) is 20.8 Å². The molecule has 0 unspecified atom stereocenters. The van der Waals surface area contributed by atoms with E-state index >= 15 is 0 Å². The SMILES string of the molecule is COc1cc2c(cc1OC)[C@@H]1[C@H](C(=O)NCc3ccc(F)cc3)c3ccccc3C(=O)N1CC2. The minimum atomic E-state index is -0.605. The minimum absolute atomic E-state index is 0.0800. The number of amides is 2. The molecule has 0 bridgehead atoms. The second-order valence-corrected chi connectivity index (χ2v) is 8.51. The molecule has 0 saturated heterocycles. The summed E-state index contributed by atoms with van der Waals surface area (Å²) in [6.07, 6.45) is 0.657. The monoisotopic (exact) mass is 460 g/mol. The molecule has 0 radical (unpaired) electrons. The molecule has 3 aromatic rings. The summed E-state index contributed by atoms with van der Waals surface area (Å²) >= 11 is 0. The molecule has 7 heteroatoms. The number of carbonyl (C=O) groups is 2. The van der Waals surface area contributed by atoms with E-state index in [1.165, 1.54) is 12.1 Å². The van der Waals surface area contributed by atoms with Gasteiger partial charge in [0.25, 0.3) is 5.91 Å². The molecule has 0 aliphatic carbocycles. The van der Waals surface area contributed by atoms with Crippen LogP contribution in [0.25, 0.3) is 0 Å². The Morgan fingerprint density at radius 3 is 2.47 bits per heavy atom. The lowest BCUT2D eigenvalue weighted by Gasteiger charge is -2.45. The van der Waals surface area contributed by atoms with Crippen LogP contribution in [0.3, 0.4) is 0 Å². The predicted molar refractivity (Wildman–Crippen MR) is 124 cm³/mol. The third-order valence-electron chi connectivity index (χ3n) is 6.69. The van der Waals surface area contributed by atoms with Crippen molar-refractivity contribution in [3.8, 4) is 11.5 Å². The molecule has 0 spiro atoms. The van der Waals surface area contributed by atoms with Crippen LogP contribution in [0.2, 0.25) is 0 Å². The standard InChI is InChI=1S/C27H25FN2O4/c1-33-22-13-17-11-12-30-25(21(17)14-23(22)34-2)24(19-5-3-4-6-20(19)27(30)32)26(31)29-15-16-7-9-18(28)10-8-16/h3-10,13-14,24-25H,11-12,15H2,1-2H3,(H,29,31)/t24-,25-/m1/s1. The maximum Gasteiger partial charge on any atom is 0.254 e. The number of carbonyl (C=O) groups excluding carboxylic acids is 2. The van der Waals surface area contributed by atoms with Crippen LogP contribution in [-0.2, 0) is 17.8 Å². The first-order valence-electron chi connectivity index (χ1n) is 11.2. The average Bonchev–Trinajstić information content (AvgIpc) is 2.87. The Balaban J connectivity index is 1.57. The molecule has 2 amide bonds. The Labute approximate surface area is 197 Å². The van der Waals surface area contributed by atoms with Gasteiger partial charge in [-0.25, -0.2) is 4.39 Å². The Bertz CT molecular complexity index is 1260. The number of rotatable bonds is 5. The summed E-state index contributed by atoms with van der Waals surface area (Å²) < 4.78 is 24.3. The van der Waals surface area contributed by atoms with E-state index in [-0.39, 0.29) is 24.2 Å². The van der Waals surface area contributed by atoms with E-state index in [1.807, 2.05) is 30.3 Å². The number of ether oxygens (including phenoxy) is 2. The maximum atomic E-state index is 13.7. The topological polar surface area (TPSA) is 67.9 Å². The number of methoxy groups -OCH3 is 2. The highest BCUT2D eigenvalue weighted by atomic mass is 19.1. The van der Waals surface area contributed by atoms with Crippen LogP contribution >= 0.6 is 0 Å². The fourth-order valence-corrected chi connectivity index (χ4v) is 5.04. The van der Waals surface area contributed by atoms with Crippen molar-refractivity contribution in [3.63, 3.8) is 0 Å². The van der Waals surface area contributed by atoms with Gasteiger partial charge in [-0.05, 0) is 59.0 Å². The Hall–Kier alpha value is -3.87. The van der Waals surface area contributed by atoms with Crippen LogP contribution in [0, 0.1) is 5.82 Å². The summed E-state index contributed by atoms with van der Waals surface area (Å²) in [5.74, 6) is -0.0277. The molecule has 174 valence electrons. The summed E-state index contributed by atoms with van der Waals surface area (Å²) in [6.45, 7) is 0.763. The zero-order valence-corrected chi connectivity index (χ0v) is 19.0. The van der Waals surface area contributed by atoms with Crippen LogP contribution in [-0.4, -0.2) is 37.5 Å². The van der Waals surface area contributed by atoms with Gasteiger partial charge in [-0.3, -0.25) is 9.59 Å². The summed E-state index contributed by atoms with van der Waals surface area (Å²) in [6, 6.07) is 16.7. The molecule has 2 atom stereocenters. The Morgan fingerprint density at radius 1 is 1.03 bits per heavy atom. The number of fused-ring (bicyclic) bond motifs is 4. The smallest absolute Gasteiger partial charge is 0.254 e. The van der Waals surface area contributed by atoms with Crippen molar-refractivity contribution >= 4 is 11.8 Å². The van der Waals surface area contributed by atoms with Crippen molar-refractivity contribution in [1.82, 2.24) is 10.2 Å². The number of benzene rings is 3. The van der Waals surface area contributed by atoms with Crippen LogP contribution in [0.4, 0.5) is 4.39 Å². The molecular weight excluding hydrogens is 435 g/mol. The van der Waals surface area contributed by atoms with Gasteiger partial charge in [0.1, 0.15) is 5.82 Å². The summed E-state index contributed by atoms with van der Waals surface area (Å²) in [5, 5.41) is 3.00. The van der Waals surface area contributed by atoms with E-state index in [0.29, 0.717) is 35.6 Å². The average molecular weight is 461 g/mol. The summed E-state index contributed by atoms with van der Waals surface area (Å²) in [5.41, 5.74) is 3.95. The van der Waals surface area contributed by atoms with Crippen LogP contribution in [0.15, 0.2) is 60.7 Å². The molecule has 0 fully saturated rings. The molecule has 5 rings (SSSR count). The molecule has 2 aliphatic rings. The third-order valence-corrected chi connectivity index (χ3v) is 6.69. The zero-order valence-electron chi connectivity index (χ0n) is 19.0. The Morgan fingerprint density at radius 2 is 1.74 bits per heavy atom. The maximum absolute atomic E-state index is 13.7. The Kier molecular flexibility index (Phi) is 5.69. The normalized spacial score (nSPS) is 18.4. The molecule has 2 heterocycles. The molecule has 2 aliphatic heterocycles. The molecule has 6 nitrogen and oxygen atoms in total. The fourth-order valence-electron chi connectivity index (χ4n) is 5.04. The number of hydrogen-bond donors (Lipinski definition) is 1.